The molecule has 104 valence electrons. The molecule has 0 unspecified atom stereocenters. The lowest BCUT2D eigenvalue weighted by molar-refractivity contribution is 0.598. The summed E-state index contributed by atoms with van der Waals surface area (Å²) in [7, 11) is -3.35. The summed E-state index contributed by atoms with van der Waals surface area (Å²) in [6.45, 7) is 4.20. The number of rotatable bonds is 5. The van der Waals surface area contributed by atoms with Gasteiger partial charge in [-0.2, -0.15) is 4.37 Å². The molecule has 0 spiro atoms. The molecular formula is C11H15N3O2S3. The van der Waals surface area contributed by atoms with E-state index < -0.39 is 9.84 Å². The summed E-state index contributed by atoms with van der Waals surface area (Å²) in [4.78, 5) is 1.31. The van der Waals surface area contributed by atoms with Gasteiger partial charge in [0.25, 0.3) is 0 Å². The molecule has 0 aliphatic carbocycles. The molecule has 2 heterocycles. The van der Waals surface area contributed by atoms with E-state index in [4.69, 9.17) is 5.73 Å². The maximum atomic E-state index is 12.0. The van der Waals surface area contributed by atoms with Crippen molar-refractivity contribution in [3.8, 4) is 0 Å². The van der Waals surface area contributed by atoms with E-state index in [9.17, 15) is 8.42 Å². The number of hydrogen-bond acceptors (Lipinski definition) is 7. The summed E-state index contributed by atoms with van der Waals surface area (Å²) in [6.07, 6.45) is 0. The van der Waals surface area contributed by atoms with Gasteiger partial charge in [0.15, 0.2) is 15.7 Å². The Bertz CT molecular complexity index is 673. The maximum absolute atomic E-state index is 12.0. The number of nitrogen functional groups attached to an aromatic ring is 1. The lowest BCUT2D eigenvalue weighted by atomic mass is 10.3. The van der Waals surface area contributed by atoms with Crippen molar-refractivity contribution < 1.29 is 8.42 Å². The first kappa shape index (κ1) is 14.3. The zero-order valence-electron chi connectivity index (χ0n) is 10.6. The molecule has 0 radical (unpaired) electrons. The minimum Gasteiger partial charge on any atom is -0.382 e. The first-order valence-electron chi connectivity index (χ1n) is 5.70. The van der Waals surface area contributed by atoms with Crippen molar-refractivity contribution in [2.75, 3.05) is 16.8 Å². The average Bonchev–Trinajstić information content (AvgIpc) is 2.93. The summed E-state index contributed by atoms with van der Waals surface area (Å²) in [6, 6.07) is 2.03. The third-order valence-electron chi connectivity index (χ3n) is 2.74. The molecule has 3 N–H and O–H groups in total. The molecule has 0 saturated carbocycles. The lowest BCUT2D eigenvalue weighted by Crippen LogP contribution is -2.09. The first-order chi connectivity index (χ1) is 8.95. The van der Waals surface area contributed by atoms with Crippen molar-refractivity contribution in [1.29, 1.82) is 0 Å². The molecule has 0 aromatic carbocycles. The summed E-state index contributed by atoms with van der Waals surface area (Å²) in [5.41, 5.74) is 6.85. The van der Waals surface area contributed by atoms with Crippen LogP contribution in [0.5, 0.6) is 0 Å². The predicted molar refractivity (Wildman–Crippen MR) is 80.6 cm³/mol. The zero-order chi connectivity index (χ0) is 14.0. The molecule has 0 fully saturated rings. The second-order valence-corrected chi connectivity index (χ2v) is 8.00. The van der Waals surface area contributed by atoms with Gasteiger partial charge < -0.3 is 11.1 Å². The Labute approximate surface area is 120 Å². The fraction of sp³-hybridized carbons (Fsp3) is 0.364. The third-order valence-corrected chi connectivity index (χ3v) is 6.51. The highest BCUT2D eigenvalue weighted by molar-refractivity contribution is 7.91. The van der Waals surface area contributed by atoms with Gasteiger partial charge >= 0.3 is 0 Å². The van der Waals surface area contributed by atoms with Crippen LogP contribution in [0.25, 0.3) is 0 Å². The Morgan fingerprint density at radius 2 is 2.21 bits per heavy atom. The average molecular weight is 317 g/mol. The second-order valence-electron chi connectivity index (χ2n) is 4.01. The number of anilines is 2. The van der Waals surface area contributed by atoms with Crippen LogP contribution in [0.3, 0.4) is 0 Å². The smallest absolute Gasteiger partial charge is 0.184 e. The number of aryl methyl sites for hydroxylation is 1. The van der Waals surface area contributed by atoms with Crippen molar-refractivity contribution in [2.24, 2.45) is 0 Å². The van der Waals surface area contributed by atoms with Crippen LogP contribution in [0.1, 0.15) is 17.4 Å². The van der Waals surface area contributed by atoms with E-state index in [1.54, 1.807) is 18.3 Å². The number of nitrogens with zero attached hydrogens (tertiary/aromatic N) is 1. The molecule has 0 atom stereocenters. The Kier molecular flexibility index (Phi) is 4.12. The topological polar surface area (TPSA) is 85.1 Å². The highest BCUT2D eigenvalue weighted by Gasteiger charge is 2.23. The van der Waals surface area contributed by atoms with Crippen LogP contribution in [-0.4, -0.2) is 18.5 Å². The third kappa shape index (κ3) is 2.90. The Hall–Kier alpha value is -1.12. The van der Waals surface area contributed by atoms with Crippen LogP contribution in [-0.2, 0) is 16.4 Å². The summed E-state index contributed by atoms with van der Waals surface area (Å²) in [5, 5.41) is 5.66. The van der Waals surface area contributed by atoms with Gasteiger partial charge in [-0.3, -0.25) is 0 Å². The lowest BCUT2D eigenvalue weighted by Gasteiger charge is -2.06. The van der Waals surface area contributed by atoms with Gasteiger partial charge in [-0.25, -0.2) is 8.42 Å². The van der Waals surface area contributed by atoms with Gasteiger partial charge in [-0.05, 0) is 35.5 Å². The van der Waals surface area contributed by atoms with Crippen LogP contribution < -0.4 is 11.1 Å². The largest absolute Gasteiger partial charge is 0.382 e. The van der Waals surface area contributed by atoms with E-state index in [0.29, 0.717) is 11.5 Å². The van der Waals surface area contributed by atoms with Crippen LogP contribution in [0.4, 0.5) is 10.8 Å². The molecule has 19 heavy (non-hydrogen) atoms. The van der Waals surface area contributed by atoms with Gasteiger partial charge in [0.2, 0.25) is 0 Å². The van der Waals surface area contributed by atoms with E-state index in [0.717, 1.165) is 11.5 Å². The number of nitrogens with one attached hydrogen (secondary N) is 1. The maximum Gasteiger partial charge on any atom is 0.184 e. The zero-order valence-corrected chi connectivity index (χ0v) is 13.1. The van der Waals surface area contributed by atoms with Gasteiger partial charge in [0.1, 0.15) is 9.90 Å². The normalized spacial score (nSPS) is 11.7. The van der Waals surface area contributed by atoms with Gasteiger partial charge in [0, 0.05) is 4.88 Å². The van der Waals surface area contributed by atoms with E-state index in [1.807, 2.05) is 18.4 Å². The molecule has 0 amide bonds. The molecule has 2 aromatic heterocycles. The fourth-order valence-electron chi connectivity index (χ4n) is 1.60. The number of hydrogen-bond donors (Lipinski definition) is 2. The summed E-state index contributed by atoms with van der Waals surface area (Å²) >= 11 is 2.72. The molecular weight excluding hydrogens is 302 g/mol. The van der Waals surface area contributed by atoms with Crippen molar-refractivity contribution in [2.45, 2.75) is 25.3 Å². The van der Waals surface area contributed by atoms with E-state index in [2.05, 4.69) is 9.69 Å². The minimum absolute atomic E-state index is 0.0162. The molecule has 0 saturated heterocycles. The Morgan fingerprint density at radius 3 is 2.79 bits per heavy atom. The van der Waals surface area contributed by atoms with Gasteiger partial charge in [0.05, 0.1) is 12.3 Å². The number of thiophene rings is 1. The standard InChI is InChI=1S/C11H15N3O2S3/c1-3-19(15,16)9-10(12)14-18-11(9)13-6-8-7(2)4-5-17-8/h4-5,13H,3,6H2,1-2H3,(H2,12,14). The monoisotopic (exact) mass is 317 g/mol. The predicted octanol–water partition coefficient (Wildman–Crippen LogP) is 2.50. The SMILES string of the molecule is CCS(=O)(=O)c1c(N)nsc1NCc1sccc1C. The molecule has 2 aromatic rings. The quantitative estimate of drug-likeness (QED) is 0.885. The molecule has 0 bridgehead atoms. The van der Waals surface area contributed by atoms with E-state index >= 15 is 0 Å². The summed E-state index contributed by atoms with van der Waals surface area (Å²) in [5.74, 6) is 0.0970. The van der Waals surface area contributed by atoms with Crippen molar-refractivity contribution in [3.63, 3.8) is 0 Å². The molecule has 5 nitrogen and oxygen atoms in total. The van der Waals surface area contributed by atoms with Crippen molar-refractivity contribution in [1.82, 2.24) is 4.37 Å². The summed E-state index contributed by atoms with van der Waals surface area (Å²) < 4.78 is 27.9. The van der Waals surface area contributed by atoms with Gasteiger partial charge in [-0.1, -0.05) is 6.92 Å². The van der Waals surface area contributed by atoms with E-state index in [-0.39, 0.29) is 16.5 Å². The van der Waals surface area contributed by atoms with Crippen molar-refractivity contribution in [3.05, 3.63) is 21.9 Å². The first-order valence-corrected chi connectivity index (χ1v) is 9.01. The number of sulfone groups is 1. The van der Waals surface area contributed by atoms with Crippen LogP contribution >= 0.6 is 22.9 Å². The Morgan fingerprint density at radius 1 is 1.47 bits per heavy atom. The number of aromatic nitrogens is 1. The molecule has 0 aliphatic rings. The fourth-order valence-corrected chi connectivity index (χ4v) is 4.61. The Balaban J connectivity index is 2.25. The minimum atomic E-state index is -3.35. The van der Waals surface area contributed by atoms with Crippen molar-refractivity contribution >= 4 is 43.5 Å². The van der Waals surface area contributed by atoms with Crippen LogP contribution in [0.2, 0.25) is 0 Å². The van der Waals surface area contributed by atoms with Crippen LogP contribution in [0.15, 0.2) is 16.3 Å². The van der Waals surface area contributed by atoms with Crippen LogP contribution in [0, 0.1) is 6.92 Å². The highest BCUT2D eigenvalue weighted by Crippen LogP contribution is 2.33. The van der Waals surface area contributed by atoms with Gasteiger partial charge in [-0.15, -0.1) is 11.3 Å². The molecule has 0 aliphatic heterocycles. The highest BCUT2D eigenvalue weighted by atomic mass is 32.2. The number of nitrogens with two attached hydrogens (primary N) is 1. The molecule has 2 rings (SSSR count). The second kappa shape index (κ2) is 5.48. The van der Waals surface area contributed by atoms with E-state index in [1.165, 1.54) is 10.4 Å². The molecule has 8 heteroatoms.